The minimum atomic E-state index is -0.0855. The standard InChI is InChI=1S/C24H31NO2S/c25-21(13-16-24(26)27-22-9-5-2-6-10-22)18-28-23-14-11-20(12-15-23)17-19-7-3-1-4-8-19/h1,3-4,7-8,11-12,14-15,21-22H,2,5-6,9-10,13,16-18,25H2/t21-/m0/s1. The first-order valence-corrected chi connectivity index (χ1v) is 11.4. The minimum absolute atomic E-state index is 0.00732. The summed E-state index contributed by atoms with van der Waals surface area (Å²) in [5, 5.41) is 0. The number of rotatable bonds is 9. The first-order valence-electron chi connectivity index (χ1n) is 10.4. The van der Waals surface area contributed by atoms with E-state index in [9.17, 15) is 4.79 Å². The van der Waals surface area contributed by atoms with Crippen LogP contribution in [0.1, 0.15) is 56.1 Å². The summed E-state index contributed by atoms with van der Waals surface area (Å²) < 4.78 is 5.57. The summed E-state index contributed by atoms with van der Waals surface area (Å²) in [6.07, 6.45) is 7.87. The highest BCUT2D eigenvalue weighted by Crippen LogP contribution is 2.22. The number of esters is 1. The summed E-state index contributed by atoms with van der Waals surface area (Å²) >= 11 is 1.75. The number of hydrogen-bond acceptors (Lipinski definition) is 4. The zero-order valence-electron chi connectivity index (χ0n) is 16.5. The Morgan fingerprint density at radius 1 is 1.00 bits per heavy atom. The Morgan fingerprint density at radius 3 is 2.39 bits per heavy atom. The van der Waals surface area contributed by atoms with Crippen molar-refractivity contribution in [2.24, 2.45) is 5.73 Å². The highest BCUT2D eigenvalue weighted by Gasteiger charge is 2.18. The molecule has 0 saturated heterocycles. The number of hydrogen-bond donors (Lipinski definition) is 1. The van der Waals surface area contributed by atoms with Crippen LogP contribution in [0.5, 0.6) is 0 Å². The molecule has 1 aliphatic rings. The van der Waals surface area contributed by atoms with Crippen LogP contribution in [0.3, 0.4) is 0 Å². The first kappa shape index (κ1) is 20.9. The van der Waals surface area contributed by atoms with E-state index in [-0.39, 0.29) is 18.1 Å². The van der Waals surface area contributed by atoms with Gasteiger partial charge in [0.25, 0.3) is 0 Å². The van der Waals surface area contributed by atoms with Gasteiger partial charge in [0.2, 0.25) is 0 Å². The van der Waals surface area contributed by atoms with Crippen LogP contribution in [0.2, 0.25) is 0 Å². The number of carbonyl (C=O) groups is 1. The fraction of sp³-hybridized carbons (Fsp3) is 0.458. The SMILES string of the molecule is N[C@@H](CCC(=O)OC1CCCCC1)CSc1ccc(Cc2ccccc2)cc1. The Kier molecular flexibility index (Phi) is 8.43. The molecule has 2 N–H and O–H groups in total. The maximum atomic E-state index is 12.0. The van der Waals surface area contributed by atoms with Crippen LogP contribution >= 0.6 is 11.8 Å². The number of nitrogens with two attached hydrogens (primary N) is 1. The van der Waals surface area contributed by atoms with Crippen LogP contribution in [-0.2, 0) is 16.0 Å². The molecule has 1 fully saturated rings. The Labute approximate surface area is 173 Å². The number of thioether (sulfide) groups is 1. The normalized spacial score (nSPS) is 15.9. The van der Waals surface area contributed by atoms with Crippen molar-refractivity contribution in [1.82, 2.24) is 0 Å². The van der Waals surface area contributed by atoms with Crippen molar-refractivity contribution in [1.29, 1.82) is 0 Å². The molecule has 0 amide bonds. The largest absolute Gasteiger partial charge is 0.462 e. The average Bonchev–Trinajstić information content (AvgIpc) is 2.73. The predicted molar refractivity (Wildman–Crippen MR) is 117 cm³/mol. The molecule has 0 aliphatic heterocycles. The summed E-state index contributed by atoms with van der Waals surface area (Å²) in [5.74, 6) is 0.729. The summed E-state index contributed by atoms with van der Waals surface area (Å²) in [6, 6.07) is 19.2. The van der Waals surface area contributed by atoms with Gasteiger partial charge in [-0.05, 0) is 61.8 Å². The molecular formula is C24H31NO2S. The van der Waals surface area contributed by atoms with Gasteiger partial charge in [0, 0.05) is 23.1 Å². The van der Waals surface area contributed by atoms with Crippen LogP contribution in [0.4, 0.5) is 0 Å². The van der Waals surface area contributed by atoms with Gasteiger partial charge in [0.1, 0.15) is 6.10 Å². The second-order valence-electron chi connectivity index (χ2n) is 7.67. The molecule has 0 radical (unpaired) electrons. The van der Waals surface area contributed by atoms with Crippen LogP contribution in [0.15, 0.2) is 59.5 Å². The smallest absolute Gasteiger partial charge is 0.306 e. The Balaban J connectivity index is 1.34. The van der Waals surface area contributed by atoms with Crippen LogP contribution < -0.4 is 5.73 Å². The fourth-order valence-electron chi connectivity index (χ4n) is 3.55. The number of ether oxygens (including phenoxy) is 1. The zero-order valence-corrected chi connectivity index (χ0v) is 17.3. The molecule has 2 aromatic carbocycles. The van der Waals surface area contributed by atoms with E-state index in [2.05, 4.69) is 48.5 Å². The van der Waals surface area contributed by atoms with Crippen molar-refractivity contribution in [3.63, 3.8) is 0 Å². The van der Waals surface area contributed by atoms with Crippen LogP contribution in [0.25, 0.3) is 0 Å². The number of carbonyl (C=O) groups excluding carboxylic acids is 1. The lowest BCUT2D eigenvalue weighted by atomic mass is 9.98. The van der Waals surface area contributed by atoms with Gasteiger partial charge < -0.3 is 10.5 Å². The Bertz CT molecular complexity index is 711. The van der Waals surface area contributed by atoms with Crippen LogP contribution in [0, 0.1) is 0 Å². The van der Waals surface area contributed by atoms with Crippen molar-refractivity contribution < 1.29 is 9.53 Å². The van der Waals surface area contributed by atoms with E-state index in [4.69, 9.17) is 10.5 Å². The molecule has 3 nitrogen and oxygen atoms in total. The van der Waals surface area contributed by atoms with Gasteiger partial charge in [0.05, 0.1) is 0 Å². The lowest BCUT2D eigenvalue weighted by Gasteiger charge is -2.22. The minimum Gasteiger partial charge on any atom is -0.462 e. The second kappa shape index (κ2) is 11.3. The molecular weight excluding hydrogens is 366 g/mol. The summed E-state index contributed by atoms with van der Waals surface area (Å²) in [5.41, 5.74) is 8.84. The maximum absolute atomic E-state index is 12.0. The molecule has 1 atom stereocenters. The zero-order chi connectivity index (χ0) is 19.6. The van der Waals surface area contributed by atoms with Crippen molar-refractivity contribution >= 4 is 17.7 Å². The van der Waals surface area contributed by atoms with Gasteiger partial charge in [-0.2, -0.15) is 0 Å². The van der Waals surface area contributed by atoms with Gasteiger partial charge in [0.15, 0.2) is 0 Å². The molecule has 150 valence electrons. The molecule has 0 heterocycles. The Hall–Kier alpha value is -1.78. The van der Waals surface area contributed by atoms with Crippen molar-refractivity contribution in [2.75, 3.05) is 5.75 Å². The van der Waals surface area contributed by atoms with E-state index in [1.807, 2.05) is 6.07 Å². The summed E-state index contributed by atoms with van der Waals surface area (Å²) in [7, 11) is 0. The topological polar surface area (TPSA) is 52.3 Å². The maximum Gasteiger partial charge on any atom is 0.306 e. The van der Waals surface area contributed by atoms with Crippen molar-refractivity contribution in [3.8, 4) is 0 Å². The molecule has 3 rings (SSSR count). The first-order chi connectivity index (χ1) is 13.7. The van der Waals surface area contributed by atoms with Gasteiger partial charge >= 0.3 is 5.97 Å². The molecule has 4 heteroatoms. The average molecular weight is 398 g/mol. The predicted octanol–water partition coefficient (Wildman–Crippen LogP) is 5.35. The number of benzene rings is 2. The fourth-order valence-corrected chi connectivity index (χ4v) is 4.45. The second-order valence-corrected chi connectivity index (χ2v) is 8.76. The van der Waals surface area contributed by atoms with Crippen LogP contribution in [-0.4, -0.2) is 23.9 Å². The van der Waals surface area contributed by atoms with E-state index < -0.39 is 0 Å². The molecule has 0 spiro atoms. The van der Waals surface area contributed by atoms with E-state index in [1.54, 1.807) is 11.8 Å². The molecule has 0 aromatic heterocycles. The highest BCUT2D eigenvalue weighted by atomic mass is 32.2. The summed E-state index contributed by atoms with van der Waals surface area (Å²) in [4.78, 5) is 13.2. The summed E-state index contributed by atoms with van der Waals surface area (Å²) in [6.45, 7) is 0. The van der Waals surface area contributed by atoms with Gasteiger partial charge in [-0.25, -0.2) is 0 Å². The molecule has 2 aromatic rings. The molecule has 1 saturated carbocycles. The van der Waals surface area contributed by atoms with E-state index in [1.165, 1.54) is 35.3 Å². The highest BCUT2D eigenvalue weighted by molar-refractivity contribution is 7.99. The van der Waals surface area contributed by atoms with Gasteiger partial charge in [-0.3, -0.25) is 4.79 Å². The Morgan fingerprint density at radius 2 is 1.68 bits per heavy atom. The lowest BCUT2D eigenvalue weighted by molar-refractivity contribution is -0.150. The lowest BCUT2D eigenvalue weighted by Crippen LogP contribution is -2.26. The third kappa shape index (κ3) is 7.33. The van der Waals surface area contributed by atoms with Gasteiger partial charge in [-0.1, -0.05) is 48.9 Å². The van der Waals surface area contributed by atoms with Crippen molar-refractivity contribution in [3.05, 3.63) is 65.7 Å². The molecule has 0 bridgehead atoms. The quantitative estimate of drug-likeness (QED) is 0.457. The van der Waals surface area contributed by atoms with E-state index in [0.29, 0.717) is 12.8 Å². The molecule has 1 aliphatic carbocycles. The van der Waals surface area contributed by atoms with Gasteiger partial charge in [-0.15, -0.1) is 11.8 Å². The third-order valence-corrected chi connectivity index (χ3v) is 6.41. The third-order valence-electron chi connectivity index (χ3n) is 5.21. The van der Waals surface area contributed by atoms with Crippen molar-refractivity contribution in [2.45, 2.75) is 68.4 Å². The molecule has 0 unspecified atom stereocenters. The monoisotopic (exact) mass is 397 g/mol. The van der Waals surface area contributed by atoms with E-state index >= 15 is 0 Å². The molecule has 28 heavy (non-hydrogen) atoms. The van der Waals surface area contributed by atoms with E-state index in [0.717, 1.165) is 25.0 Å².